The number of anilines is 1. The minimum Gasteiger partial charge on any atom is -0.491 e. The van der Waals surface area contributed by atoms with Gasteiger partial charge in [-0.3, -0.25) is 0 Å². The lowest BCUT2D eigenvalue weighted by Crippen LogP contribution is -2.17. The monoisotopic (exact) mass is 379 g/mol. The van der Waals surface area contributed by atoms with E-state index in [9.17, 15) is 0 Å². The number of methoxy groups -OCH3 is 1. The standard InChI is InChI=1S/C19H21N7O2/c1-27-8-9-28-16-6-4-15(5-7-16)26-18-17(24-25-26)12-21-19(23-18)22-14-3-2-13(10-14)11-20/h4-7,12-14H,2-3,8-10H2,1H3,(H,21,22,23)/t13-,14-/m1/s1. The molecule has 0 unspecified atom stereocenters. The summed E-state index contributed by atoms with van der Waals surface area (Å²) in [6, 6.07) is 10.1. The molecule has 1 aliphatic rings. The number of nitrogens with one attached hydrogen (secondary N) is 1. The van der Waals surface area contributed by atoms with Crippen LogP contribution in [0.5, 0.6) is 5.75 Å². The summed E-state index contributed by atoms with van der Waals surface area (Å²) in [5.41, 5.74) is 2.07. The highest BCUT2D eigenvalue weighted by Gasteiger charge is 2.25. The molecule has 0 saturated heterocycles. The molecule has 1 aliphatic carbocycles. The molecule has 0 bridgehead atoms. The Morgan fingerprint density at radius 1 is 1.25 bits per heavy atom. The summed E-state index contributed by atoms with van der Waals surface area (Å²) in [6.07, 6.45) is 4.34. The van der Waals surface area contributed by atoms with Crippen LogP contribution in [0.1, 0.15) is 19.3 Å². The number of hydrogen-bond acceptors (Lipinski definition) is 8. The van der Waals surface area contributed by atoms with E-state index in [4.69, 9.17) is 14.7 Å². The van der Waals surface area contributed by atoms with Gasteiger partial charge in [-0.1, -0.05) is 5.21 Å². The lowest BCUT2D eigenvalue weighted by Gasteiger charge is -2.11. The van der Waals surface area contributed by atoms with Crippen LogP contribution in [-0.2, 0) is 4.74 Å². The van der Waals surface area contributed by atoms with Gasteiger partial charge in [-0.15, -0.1) is 5.10 Å². The zero-order valence-corrected chi connectivity index (χ0v) is 15.6. The van der Waals surface area contributed by atoms with Crippen LogP contribution in [0, 0.1) is 17.2 Å². The Labute approximate surface area is 162 Å². The first kappa shape index (κ1) is 18.1. The Morgan fingerprint density at radius 2 is 2.11 bits per heavy atom. The summed E-state index contributed by atoms with van der Waals surface area (Å²) < 4.78 is 12.2. The predicted molar refractivity (Wildman–Crippen MR) is 102 cm³/mol. The van der Waals surface area contributed by atoms with E-state index in [2.05, 4.69) is 31.7 Å². The van der Waals surface area contributed by atoms with Crippen LogP contribution in [-0.4, -0.2) is 51.3 Å². The molecule has 0 amide bonds. The van der Waals surface area contributed by atoms with Crippen molar-refractivity contribution in [2.75, 3.05) is 25.6 Å². The molecule has 0 spiro atoms. The number of nitrogens with zero attached hydrogens (tertiary/aromatic N) is 6. The zero-order valence-electron chi connectivity index (χ0n) is 15.6. The third kappa shape index (κ3) is 3.87. The second kappa shape index (κ2) is 8.19. The van der Waals surface area contributed by atoms with E-state index < -0.39 is 0 Å². The summed E-state index contributed by atoms with van der Waals surface area (Å²) in [4.78, 5) is 8.93. The predicted octanol–water partition coefficient (Wildman–Crippen LogP) is 2.34. The van der Waals surface area contributed by atoms with Gasteiger partial charge in [0.2, 0.25) is 5.95 Å². The average molecular weight is 379 g/mol. The van der Waals surface area contributed by atoms with E-state index in [-0.39, 0.29) is 12.0 Å². The molecule has 144 valence electrons. The van der Waals surface area contributed by atoms with Crippen molar-refractivity contribution in [2.24, 2.45) is 5.92 Å². The van der Waals surface area contributed by atoms with E-state index in [1.807, 2.05) is 24.3 Å². The third-order valence-electron chi connectivity index (χ3n) is 4.78. The molecule has 9 heteroatoms. The highest BCUT2D eigenvalue weighted by molar-refractivity contribution is 5.72. The van der Waals surface area contributed by atoms with Gasteiger partial charge in [0, 0.05) is 19.1 Å². The van der Waals surface area contributed by atoms with Crippen molar-refractivity contribution in [3.63, 3.8) is 0 Å². The van der Waals surface area contributed by atoms with Crippen molar-refractivity contribution >= 4 is 17.1 Å². The highest BCUT2D eigenvalue weighted by Crippen LogP contribution is 2.27. The van der Waals surface area contributed by atoms with Crippen LogP contribution >= 0.6 is 0 Å². The maximum Gasteiger partial charge on any atom is 0.225 e. The minimum atomic E-state index is 0.109. The number of aromatic nitrogens is 5. The average Bonchev–Trinajstić information content (AvgIpc) is 3.35. The molecule has 2 atom stereocenters. The summed E-state index contributed by atoms with van der Waals surface area (Å²) >= 11 is 0. The summed E-state index contributed by atoms with van der Waals surface area (Å²) in [6.45, 7) is 1.04. The molecule has 1 saturated carbocycles. The van der Waals surface area contributed by atoms with Gasteiger partial charge >= 0.3 is 0 Å². The van der Waals surface area contributed by atoms with E-state index in [0.29, 0.717) is 30.3 Å². The first-order valence-corrected chi connectivity index (χ1v) is 9.23. The Hall–Kier alpha value is -3.25. The van der Waals surface area contributed by atoms with Crippen LogP contribution in [0.25, 0.3) is 16.9 Å². The minimum absolute atomic E-state index is 0.109. The van der Waals surface area contributed by atoms with Crippen molar-refractivity contribution < 1.29 is 9.47 Å². The summed E-state index contributed by atoms with van der Waals surface area (Å²) in [5, 5.41) is 20.7. The number of nitriles is 1. The summed E-state index contributed by atoms with van der Waals surface area (Å²) in [7, 11) is 1.64. The SMILES string of the molecule is COCCOc1ccc(-n2nnc3cnc(N[C@@H]4CC[C@@H](C#N)C4)nc32)cc1. The number of benzene rings is 1. The highest BCUT2D eigenvalue weighted by atomic mass is 16.5. The van der Waals surface area contributed by atoms with Crippen molar-refractivity contribution in [2.45, 2.75) is 25.3 Å². The van der Waals surface area contributed by atoms with E-state index in [1.165, 1.54) is 0 Å². The smallest absolute Gasteiger partial charge is 0.225 e. The molecule has 1 aromatic carbocycles. The van der Waals surface area contributed by atoms with Gasteiger partial charge in [0.05, 0.1) is 24.6 Å². The van der Waals surface area contributed by atoms with Gasteiger partial charge in [0.25, 0.3) is 0 Å². The van der Waals surface area contributed by atoms with Crippen LogP contribution in [0.2, 0.25) is 0 Å². The van der Waals surface area contributed by atoms with Gasteiger partial charge < -0.3 is 14.8 Å². The van der Waals surface area contributed by atoms with Crippen molar-refractivity contribution in [3.8, 4) is 17.5 Å². The van der Waals surface area contributed by atoms with Gasteiger partial charge in [0.15, 0.2) is 11.2 Å². The number of ether oxygens (including phenoxy) is 2. The van der Waals surface area contributed by atoms with Gasteiger partial charge in [-0.25, -0.2) is 4.98 Å². The third-order valence-corrected chi connectivity index (χ3v) is 4.78. The molecule has 1 N–H and O–H groups in total. The number of rotatable bonds is 7. The maximum atomic E-state index is 9.06. The zero-order chi connectivity index (χ0) is 19.3. The normalized spacial score (nSPS) is 18.9. The summed E-state index contributed by atoms with van der Waals surface area (Å²) in [5.74, 6) is 1.40. The topological polar surface area (TPSA) is 111 Å². The quantitative estimate of drug-likeness (QED) is 0.623. The first-order chi connectivity index (χ1) is 13.8. The van der Waals surface area contributed by atoms with Crippen LogP contribution in [0.15, 0.2) is 30.5 Å². The van der Waals surface area contributed by atoms with Crippen LogP contribution in [0.3, 0.4) is 0 Å². The number of fused-ring (bicyclic) bond motifs is 1. The lowest BCUT2D eigenvalue weighted by molar-refractivity contribution is 0.146. The van der Waals surface area contributed by atoms with Crippen molar-refractivity contribution in [3.05, 3.63) is 30.5 Å². The Kier molecular flexibility index (Phi) is 5.30. The molecular formula is C19H21N7O2. The second-order valence-corrected chi connectivity index (χ2v) is 6.72. The second-order valence-electron chi connectivity index (χ2n) is 6.72. The van der Waals surface area contributed by atoms with Gasteiger partial charge in [-0.05, 0) is 43.5 Å². The van der Waals surface area contributed by atoms with E-state index in [1.54, 1.807) is 18.0 Å². The van der Waals surface area contributed by atoms with Gasteiger partial charge in [0.1, 0.15) is 12.4 Å². The fraction of sp³-hybridized carbons (Fsp3) is 0.421. The Morgan fingerprint density at radius 3 is 2.86 bits per heavy atom. The molecule has 0 radical (unpaired) electrons. The maximum absolute atomic E-state index is 9.06. The molecular weight excluding hydrogens is 358 g/mol. The molecule has 2 aromatic heterocycles. The van der Waals surface area contributed by atoms with Crippen molar-refractivity contribution in [1.29, 1.82) is 5.26 Å². The van der Waals surface area contributed by atoms with Crippen molar-refractivity contribution in [1.82, 2.24) is 25.0 Å². The van der Waals surface area contributed by atoms with Crippen LogP contribution in [0.4, 0.5) is 5.95 Å². The van der Waals surface area contributed by atoms with Crippen LogP contribution < -0.4 is 10.1 Å². The Bertz CT molecular complexity index is 980. The van der Waals surface area contributed by atoms with Gasteiger partial charge in [-0.2, -0.15) is 14.9 Å². The molecule has 2 heterocycles. The molecule has 0 aliphatic heterocycles. The first-order valence-electron chi connectivity index (χ1n) is 9.23. The fourth-order valence-electron chi connectivity index (χ4n) is 3.31. The Balaban J connectivity index is 1.52. The van der Waals surface area contributed by atoms with E-state index >= 15 is 0 Å². The molecule has 3 aromatic rings. The molecule has 9 nitrogen and oxygen atoms in total. The number of hydrogen-bond donors (Lipinski definition) is 1. The van der Waals surface area contributed by atoms with E-state index in [0.717, 1.165) is 30.7 Å². The molecule has 4 rings (SSSR count). The largest absolute Gasteiger partial charge is 0.491 e. The molecule has 28 heavy (non-hydrogen) atoms. The lowest BCUT2D eigenvalue weighted by atomic mass is 10.1. The fourth-order valence-corrected chi connectivity index (χ4v) is 3.31. The molecule has 1 fully saturated rings.